The van der Waals surface area contributed by atoms with Crippen molar-refractivity contribution < 1.29 is 18.7 Å². The smallest absolute Gasteiger partial charge is 0.361 e. The SMILES string of the molecule is CCCN1C(=O)COc2cc(F)c(-n3c(=O)nc(OCC)n(C)c3=O)cc21. The van der Waals surface area contributed by atoms with Crippen LogP contribution in [0.1, 0.15) is 20.3 Å². The van der Waals surface area contributed by atoms with Crippen molar-refractivity contribution in [3.63, 3.8) is 0 Å². The second-order valence-corrected chi connectivity index (χ2v) is 5.89. The molecule has 0 radical (unpaired) electrons. The fourth-order valence-electron chi connectivity index (χ4n) is 2.84. The van der Waals surface area contributed by atoms with Crippen molar-refractivity contribution in [2.75, 3.05) is 24.7 Å². The third-order valence-electron chi connectivity index (χ3n) is 4.08. The molecule has 0 atom stereocenters. The predicted molar refractivity (Wildman–Crippen MR) is 94.3 cm³/mol. The maximum Gasteiger partial charge on any atom is 0.361 e. The zero-order chi connectivity index (χ0) is 19.7. The van der Waals surface area contributed by atoms with Crippen LogP contribution in [0.25, 0.3) is 5.69 Å². The molecular weight excluding hydrogens is 359 g/mol. The van der Waals surface area contributed by atoms with Crippen LogP contribution >= 0.6 is 0 Å². The maximum absolute atomic E-state index is 14.7. The number of anilines is 1. The van der Waals surface area contributed by atoms with E-state index in [0.717, 1.165) is 10.6 Å². The van der Waals surface area contributed by atoms with Gasteiger partial charge < -0.3 is 14.4 Å². The first-order valence-electron chi connectivity index (χ1n) is 8.49. The summed E-state index contributed by atoms with van der Waals surface area (Å²) in [5.74, 6) is -0.954. The Bertz CT molecular complexity index is 1010. The Morgan fingerprint density at radius 3 is 2.63 bits per heavy atom. The number of benzene rings is 1. The number of ether oxygens (including phenoxy) is 2. The molecule has 9 nitrogen and oxygen atoms in total. The molecule has 0 saturated heterocycles. The van der Waals surface area contributed by atoms with E-state index in [9.17, 15) is 18.8 Å². The van der Waals surface area contributed by atoms with Gasteiger partial charge in [0.15, 0.2) is 12.4 Å². The highest BCUT2D eigenvalue weighted by molar-refractivity contribution is 5.98. The van der Waals surface area contributed by atoms with Gasteiger partial charge in [0.05, 0.1) is 18.0 Å². The Hall–Kier alpha value is -3.17. The zero-order valence-electron chi connectivity index (χ0n) is 15.2. The van der Waals surface area contributed by atoms with E-state index in [1.807, 2.05) is 6.92 Å². The van der Waals surface area contributed by atoms with Gasteiger partial charge in [-0.2, -0.15) is 0 Å². The van der Waals surface area contributed by atoms with Crippen molar-refractivity contribution in [3.8, 4) is 17.4 Å². The Morgan fingerprint density at radius 1 is 1.22 bits per heavy atom. The van der Waals surface area contributed by atoms with Gasteiger partial charge in [-0.25, -0.2) is 23.1 Å². The lowest BCUT2D eigenvalue weighted by atomic mass is 10.2. The van der Waals surface area contributed by atoms with Crippen molar-refractivity contribution in [1.29, 1.82) is 0 Å². The van der Waals surface area contributed by atoms with Crippen molar-refractivity contribution in [3.05, 3.63) is 38.9 Å². The summed E-state index contributed by atoms with van der Waals surface area (Å²) in [6, 6.07) is 2.15. The summed E-state index contributed by atoms with van der Waals surface area (Å²) >= 11 is 0. The quantitative estimate of drug-likeness (QED) is 0.756. The van der Waals surface area contributed by atoms with E-state index >= 15 is 0 Å². The first kappa shape index (κ1) is 18.6. The molecular formula is C17H19FN4O5. The monoisotopic (exact) mass is 378 g/mol. The van der Waals surface area contributed by atoms with Crippen LogP contribution in [0.15, 0.2) is 21.7 Å². The van der Waals surface area contributed by atoms with Crippen LogP contribution in [-0.4, -0.2) is 39.8 Å². The Kier molecular flexibility index (Phi) is 4.98. The van der Waals surface area contributed by atoms with Crippen LogP contribution in [0.4, 0.5) is 10.1 Å². The standard InChI is InChI=1S/C17H19FN4O5/c1-4-6-21-12-8-11(10(18)7-13(12)27-9-14(21)23)22-15(24)19-16(26-5-2)20(3)17(22)25/h7-8H,4-6,9H2,1-3H3. The Morgan fingerprint density at radius 2 is 1.96 bits per heavy atom. The van der Waals surface area contributed by atoms with Crippen molar-refractivity contribution in [2.45, 2.75) is 20.3 Å². The normalized spacial score (nSPS) is 13.3. The number of hydrogen-bond donors (Lipinski definition) is 0. The van der Waals surface area contributed by atoms with E-state index in [0.29, 0.717) is 23.2 Å². The molecule has 2 aromatic rings. The number of amides is 1. The number of rotatable bonds is 5. The van der Waals surface area contributed by atoms with E-state index < -0.39 is 17.2 Å². The minimum atomic E-state index is -0.981. The van der Waals surface area contributed by atoms with Crippen LogP contribution in [0.2, 0.25) is 0 Å². The molecule has 27 heavy (non-hydrogen) atoms. The third kappa shape index (κ3) is 3.18. The van der Waals surface area contributed by atoms with E-state index in [-0.39, 0.29) is 36.6 Å². The summed E-state index contributed by atoms with van der Waals surface area (Å²) < 4.78 is 26.7. The Labute approximate surface area is 153 Å². The Balaban J connectivity index is 2.22. The number of carbonyl (C=O) groups excluding carboxylic acids is 1. The molecule has 1 amide bonds. The molecule has 0 unspecified atom stereocenters. The average Bonchev–Trinajstić information content (AvgIpc) is 2.63. The van der Waals surface area contributed by atoms with E-state index in [2.05, 4.69) is 4.98 Å². The lowest BCUT2D eigenvalue weighted by molar-refractivity contribution is -0.121. The van der Waals surface area contributed by atoms with Gasteiger partial charge in [0.25, 0.3) is 5.91 Å². The highest BCUT2D eigenvalue weighted by Gasteiger charge is 2.28. The first-order valence-corrected chi connectivity index (χ1v) is 8.49. The van der Waals surface area contributed by atoms with Crippen LogP contribution in [0.5, 0.6) is 11.8 Å². The first-order chi connectivity index (χ1) is 12.9. The second-order valence-electron chi connectivity index (χ2n) is 5.89. The lowest BCUT2D eigenvalue weighted by Gasteiger charge is -2.29. The van der Waals surface area contributed by atoms with Gasteiger partial charge in [-0.1, -0.05) is 6.92 Å². The summed E-state index contributed by atoms with van der Waals surface area (Å²) in [5, 5.41) is 0. The van der Waals surface area contributed by atoms with Crippen molar-refractivity contribution >= 4 is 11.6 Å². The molecule has 2 heterocycles. The molecule has 10 heteroatoms. The van der Waals surface area contributed by atoms with Crippen LogP contribution < -0.4 is 25.8 Å². The maximum atomic E-state index is 14.7. The molecule has 144 valence electrons. The summed E-state index contributed by atoms with van der Waals surface area (Å²) in [4.78, 5) is 42.2. The highest BCUT2D eigenvalue weighted by Crippen LogP contribution is 2.35. The van der Waals surface area contributed by atoms with Gasteiger partial charge in [-0.05, 0) is 19.4 Å². The van der Waals surface area contributed by atoms with E-state index in [4.69, 9.17) is 9.47 Å². The topological polar surface area (TPSA) is 95.7 Å². The number of fused-ring (bicyclic) bond motifs is 1. The number of aromatic nitrogens is 3. The predicted octanol–water partition coefficient (Wildman–Crippen LogP) is 0.604. The number of carbonyl (C=O) groups is 1. The fraction of sp³-hybridized carbons (Fsp3) is 0.412. The summed E-state index contributed by atoms with van der Waals surface area (Å²) in [6.07, 6.45) is 0.671. The van der Waals surface area contributed by atoms with Gasteiger partial charge in [-0.3, -0.25) is 4.79 Å². The molecule has 0 N–H and O–H groups in total. The number of halogens is 1. The van der Waals surface area contributed by atoms with Crippen LogP contribution in [0.3, 0.4) is 0 Å². The van der Waals surface area contributed by atoms with E-state index in [1.54, 1.807) is 6.92 Å². The molecule has 0 aliphatic carbocycles. The highest BCUT2D eigenvalue weighted by atomic mass is 19.1. The molecule has 3 rings (SSSR count). The molecule has 0 spiro atoms. The molecule has 0 bridgehead atoms. The minimum absolute atomic E-state index is 0.159. The summed E-state index contributed by atoms with van der Waals surface area (Å²) in [6.45, 7) is 3.98. The van der Waals surface area contributed by atoms with Gasteiger partial charge in [0.2, 0.25) is 0 Å². The van der Waals surface area contributed by atoms with E-state index in [1.165, 1.54) is 18.0 Å². The van der Waals surface area contributed by atoms with Gasteiger partial charge in [-0.15, -0.1) is 4.98 Å². The largest absolute Gasteiger partial charge is 0.481 e. The minimum Gasteiger partial charge on any atom is -0.481 e. The number of nitrogens with zero attached hydrogens (tertiary/aromatic N) is 4. The molecule has 1 aromatic heterocycles. The number of hydrogen-bond acceptors (Lipinski definition) is 6. The van der Waals surface area contributed by atoms with Crippen molar-refractivity contribution in [1.82, 2.24) is 14.1 Å². The molecule has 1 aliphatic heterocycles. The van der Waals surface area contributed by atoms with Crippen molar-refractivity contribution in [2.24, 2.45) is 7.05 Å². The van der Waals surface area contributed by atoms with Crippen LogP contribution in [-0.2, 0) is 11.8 Å². The zero-order valence-corrected chi connectivity index (χ0v) is 15.2. The fourth-order valence-corrected chi connectivity index (χ4v) is 2.84. The van der Waals surface area contributed by atoms with Gasteiger partial charge >= 0.3 is 17.4 Å². The molecule has 1 aliphatic rings. The molecule has 0 fully saturated rings. The third-order valence-corrected chi connectivity index (χ3v) is 4.08. The summed E-state index contributed by atoms with van der Waals surface area (Å²) in [7, 11) is 1.36. The lowest BCUT2D eigenvalue weighted by Crippen LogP contribution is -2.42. The van der Waals surface area contributed by atoms with Crippen LogP contribution in [0, 0.1) is 5.82 Å². The van der Waals surface area contributed by atoms with Gasteiger partial charge in [0, 0.05) is 19.7 Å². The molecule has 1 aromatic carbocycles. The average molecular weight is 378 g/mol. The van der Waals surface area contributed by atoms with Gasteiger partial charge in [0.1, 0.15) is 5.75 Å². The summed E-state index contributed by atoms with van der Waals surface area (Å²) in [5.41, 5.74) is -1.81. The molecule has 0 saturated carbocycles. The second kappa shape index (κ2) is 7.22.